The maximum absolute atomic E-state index is 12.1. The predicted octanol–water partition coefficient (Wildman–Crippen LogP) is 2.78. The van der Waals surface area contributed by atoms with Crippen LogP contribution >= 0.6 is 0 Å². The largest absolute Gasteiger partial charge is 0.494 e. The van der Waals surface area contributed by atoms with E-state index in [2.05, 4.69) is 10.6 Å². The normalized spacial score (nSPS) is 11.7. The van der Waals surface area contributed by atoms with E-state index in [1.807, 2.05) is 6.92 Å². The van der Waals surface area contributed by atoms with E-state index in [1.54, 1.807) is 36.4 Å². The zero-order valence-electron chi connectivity index (χ0n) is 13.0. The molecular weight excluding hydrogens is 312 g/mol. The smallest absolute Gasteiger partial charge is 0.326 e. The molecule has 3 amide bonds. The minimum atomic E-state index is -0.633. The lowest BCUT2D eigenvalue weighted by molar-refractivity contribution is 0.0966. The first-order valence-electron chi connectivity index (χ1n) is 7.40. The summed E-state index contributed by atoms with van der Waals surface area (Å²) in [6.07, 6.45) is 0. The molecule has 0 unspecified atom stereocenters. The predicted molar refractivity (Wildman–Crippen MR) is 86.7 cm³/mol. The number of carbonyl (C=O) groups is 2. The van der Waals surface area contributed by atoms with Crippen LogP contribution in [0.15, 0.2) is 42.5 Å². The Kier molecular flexibility index (Phi) is 4.51. The van der Waals surface area contributed by atoms with Gasteiger partial charge < -0.3 is 19.5 Å². The van der Waals surface area contributed by atoms with Crippen LogP contribution in [-0.2, 0) is 0 Å². The van der Waals surface area contributed by atoms with Gasteiger partial charge in [-0.3, -0.25) is 10.1 Å². The van der Waals surface area contributed by atoms with Crippen molar-refractivity contribution in [3.63, 3.8) is 0 Å². The first kappa shape index (κ1) is 15.7. The molecule has 1 heterocycles. The number of ether oxygens (including phenoxy) is 3. The Labute approximate surface area is 138 Å². The number of urea groups is 1. The standard InChI is InChI=1S/C17H16N2O5/c1-2-22-13-5-3-4-12(9-13)18-17(21)19-16(20)11-6-7-14-15(8-11)24-10-23-14/h3-9H,2,10H2,1H3,(H2,18,19,20,21). The Balaban J connectivity index is 1.62. The molecule has 2 N–H and O–H groups in total. The molecular formula is C17H16N2O5. The average Bonchev–Trinajstić information content (AvgIpc) is 3.03. The molecule has 1 aliphatic heterocycles. The Morgan fingerprint density at radius 3 is 2.79 bits per heavy atom. The SMILES string of the molecule is CCOc1cccc(NC(=O)NC(=O)c2ccc3c(c2)OCO3)c1. The summed E-state index contributed by atoms with van der Waals surface area (Å²) in [7, 11) is 0. The molecule has 0 aromatic heterocycles. The molecule has 7 heteroatoms. The molecule has 0 saturated carbocycles. The molecule has 0 saturated heterocycles. The number of amides is 3. The highest BCUT2D eigenvalue weighted by atomic mass is 16.7. The highest BCUT2D eigenvalue weighted by Gasteiger charge is 2.17. The fourth-order valence-electron chi connectivity index (χ4n) is 2.21. The van der Waals surface area contributed by atoms with Crippen LogP contribution in [0.2, 0.25) is 0 Å². The minimum Gasteiger partial charge on any atom is -0.494 e. The zero-order chi connectivity index (χ0) is 16.9. The van der Waals surface area contributed by atoms with Gasteiger partial charge in [-0.25, -0.2) is 4.79 Å². The van der Waals surface area contributed by atoms with Gasteiger partial charge in [0.25, 0.3) is 5.91 Å². The summed E-state index contributed by atoms with van der Waals surface area (Å²) in [5.74, 6) is 1.15. The van der Waals surface area contributed by atoms with Crippen molar-refractivity contribution in [2.45, 2.75) is 6.92 Å². The second-order valence-electron chi connectivity index (χ2n) is 4.94. The summed E-state index contributed by atoms with van der Waals surface area (Å²) in [4.78, 5) is 24.1. The monoisotopic (exact) mass is 328 g/mol. The van der Waals surface area contributed by atoms with Crippen molar-refractivity contribution in [2.75, 3.05) is 18.7 Å². The van der Waals surface area contributed by atoms with Crippen LogP contribution in [-0.4, -0.2) is 25.3 Å². The minimum absolute atomic E-state index is 0.122. The van der Waals surface area contributed by atoms with Gasteiger partial charge in [-0.05, 0) is 37.3 Å². The maximum atomic E-state index is 12.1. The van der Waals surface area contributed by atoms with E-state index in [4.69, 9.17) is 14.2 Å². The molecule has 2 aromatic rings. The van der Waals surface area contributed by atoms with Gasteiger partial charge in [0.05, 0.1) is 6.61 Å². The molecule has 0 radical (unpaired) electrons. The summed E-state index contributed by atoms with van der Waals surface area (Å²) < 4.78 is 15.7. The van der Waals surface area contributed by atoms with E-state index in [-0.39, 0.29) is 6.79 Å². The molecule has 3 rings (SSSR count). The van der Waals surface area contributed by atoms with Crippen LogP contribution in [0.25, 0.3) is 0 Å². The maximum Gasteiger partial charge on any atom is 0.326 e. The van der Waals surface area contributed by atoms with E-state index in [1.165, 1.54) is 6.07 Å². The molecule has 2 aromatic carbocycles. The Bertz CT molecular complexity index is 775. The van der Waals surface area contributed by atoms with Crippen molar-refractivity contribution >= 4 is 17.6 Å². The van der Waals surface area contributed by atoms with Crippen molar-refractivity contribution in [2.24, 2.45) is 0 Å². The highest BCUT2D eigenvalue weighted by molar-refractivity contribution is 6.08. The third kappa shape index (κ3) is 3.57. The van der Waals surface area contributed by atoms with Gasteiger partial charge >= 0.3 is 6.03 Å². The number of rotatable bonds is 4. The lowest BCUT2D eigenvalue weighted by Gasteiger charge is -2.09. The summed E-state index contributed by atoms with van der Waals surface area (Å²) in [6.45, 7) is 2.52. The molecule has 0 spiro atoms. The summed E-state index contributed by atoms with van der Waals surface area (Å²) in [5, 5.41) is 4.85. The number of benzene rings is 2. The van der Waals surface area contributed by atoms with Crippen molar-refractivity contribution < 1.29 is 23.8 Å². The van der Waals surface area contributed by atoms with Crippen LogP contribution in [0.3, 0.4) is 0 Å². The summed E-state index contributed by atoms with van der Waals surface area (Å²) in [5.41, 5.74) is 0.828. The number of anilines is 1. The molecule has 0 aliphatic carbocycles. The van der Waals surface area contributed by atoms with Crippen molar-refractivity contribution in [1.82, 2.24) is 5.32 Å². The Morgan fingerprint density at radius 1 is 1.12 bits per heavy atom. The number of fused-ring (bicyclic) bond motifs is 1. The van der Waals surface area contributed by atoms with E-state index in [0.717, 1.165) is 0 Å². The fraction of sp³-hybridized carbons (Fsp3) is 0.176. The lowest BCUT2D eigenvalue weighted by atomic mass is 10.2. The quantitative estimate of drug-likeness (QED) is 0.901. The molecule has 7 nitrogen and oxygen atoms in total. The molecule has 1 aliphatic rings. The highest BCUT2D eigenvalue weighted by Crippen LogP contribution is 2.32. The van der Waals surface area contributed by atoms with E-state index >= 15 is 0 Å². The Hall–Kier alpha value is -3.22. The summed E-state index contributed by atoms with van der Waals surface area (Å²) >= 11 is 0. The number of hydrogen-bond donors (Lipinski definition) is 2. The van der Waals surface area contributed by atoms with Gasteiger partial charge in [0.2, 0.25) is 6.79 Å². The second-order valence-corrected chi connectivity index (χ2v) is 4.94. The van der Waals surface area contributed by atoms with Crippen LogP contribution in [0.4, 0.5) is 10.5 Å². The van der Waals surface area contributed by atoms with Gasteiger partial charge in [0.15, 0.2) is 11.5 Å². The van der Waals surface area contributed by atoms with E-state index in [0.29, 0.717) is 35.1 Å². The van der Waals surface area contributed by atoms with Crippen LogP contribution in [0.5, 0.6) is 17.2 Å². The lowest BCUT2D eigenvalue weighted by Crippen LogP contribution is -2.34. The van der Waals surface area contributed by atoms with E-state index in [9.17, 15) is 9.59 Å². The summed E-state index contributed by atoms with van der Waals surface area (Å²) in [6, 6.07) is 11.0. The van der Waals surface area contributed by atoms with Gasteiger partial charge in [-0.1, -0.05) is 6.07 Å². The number of hydrogen-bond acceptors (Lipinski definition) is 5. The molecule has 0 atom stereocenters. The van der Waals surface area contributed by atoms with Crippen LogP contribution < -0.4 is 24.8 Å². The number of imide groups is 1. The van der Waals surface area contributed by atoms with Gasteiger partial charge in [-0.2, -0.15) is 0 Å². The van der Waals surface area contributed by atoms with Crippen molar-refractivity contribution in [3.8, 4) is 17.2 Å². The van der Waals surface area contributed by atoms with Gasteiger partial charge in [-0.15, -0.1) is 0 Å². The van der Waals surface area contributed by atoms with Crippen LogP contribution in [0, 0.1) is 0 Å². The third-order valence-electron chi connectivity index (χ3n) is 3.26. The topological polar surface area (TPSA) is 85.9 Å². The first-order chi connectivity index (χ1) is 11.7. The Morgan fingerprint density at radius 2 is 1.96 bits per heavy atom. The molecule has 124 valence electrons. The van der Waals surface area contributed by atoms with Gasteiger partial charge in [0, 0.05) is 17.3 Å². The third-order valence-corrected chi connectivity index (χ3v) is 3.26. The number of nitrogens with one attached hydrogen (secondary N) is 2. The first-order valence-corrected chi connectivity index (χ1v) is 7.40. The average molecular weight is 328 g/mol. The molecule has 0 bridgehead atoms. The zero-order valence-corrected chi connectivity index (χ0v) is 13.0. The fourth-order valence-corrected chi connectivity index (χ4v) is 2.21. The second kappa shape index (κ2) is 6.91. The van der Waals surface area contributed by atoms with Crippen LogP contribution in [0.1, 0.15) is 17.3 Å². The number of carbonyl (C=O) groups excluding carboxylic acids is 2. The van der Waals surface area contributed by atoms with E-state index < -0.39 is 11.9 Å². The van der Waals surface area contributed by atoms with Crippen molar-refractivity contribution in [1.29, 1.82) is 0 Å². The van der Waals surface area contributed by atoms with Gasteiger partial charge in [0.1, 0.15) is 5.75 Å². The molecule has 0 fully saturated rings. The van der Waals surface area contributed by atoms with Crippen molar-refractivity contribution in [3.05, 3.63) is 48.0 Å². The molecule has 24 heavy (non-hydrogen) atoms.